The van der Waals surface area contributed by atoms with Gasteiger partial charge in [0.1, 0.15) is 0 Å². The fourth-order valence-electron chi connectivity index (χ4n) is 2.07. The van der Waals surface area contributed by atoms with Gasteiger partial charge in [0.2, 0.25) is 0 Å². The summed E-state index contributed by atoms with van der Waals surface area (Å²) in [7, 11) is 0. The van der Waals surface area contributed by atoms with Crippen LogP contribution in [0.3, 0.4) is 0 Å². The molecule has 22 heavy (non-hydrogen) atoms. The SMILES string of the molecule is C=CCNC(=NCCCN(CC)c1ccccc1)NCC.I. The Morgan fingerprint density at radius 1 is 1.23 bits per heavy atom. The number of halogens is 1. The Bertz CT molecular complexity index is 420. The van der Waals surface area contributed by atoms with Gasteiger partial charge in [0.15, 0.2) is 5.96 Å². The number of guanidine groups is 1. The highest BCUT2D eigenvalue weighted by Gasteiger charge is 2.02. The molecule has 2 N–H and O–H groups in total. The van der Waals surface area contributed by atoms with Crippen LogP contribution in [0.4, 0.5) is 5.69 Å². The summed E-state index contributed by atoms with van der Waals surface area (Å²) in [4.78, 5) is 6.95. The monoisotopic (exact) mass is 416 g/mol. The zero-order valence-electron chi connectivity index (χ0n) is 13.7. The molecule has 1 aromatic carbocycles. The molecule has 0 aromatic heterocycles. The van der Waals surface area contributed by atoms with E-state index in [4.69, 9.17) is 0 Å². The lowest BCUT2D eigenvalue weighted by Crippen LogP contribution is -2.37. The van der Waals surface area contributed by atoms with Gasteiger partial charge in [-0.2, -0.15) is 0 Å². The van der Waals surface area contributed by atoms with Gasteiger partial charge in [-0.05, 0) is 32.4 Å². The minimum atomic E-state index is 0. The number of hydrogen-bond acceptors (Lipinski definition) is 2. The lowest BCUT2D eigenvalue weighted by molar-refractivity contribution is 0.746. The molecular formula is C17H29IN4. The van der Waals surface area contributed by atoms with E-state index in [-0.39, 0.29) is 24.0 Å². The maximum Gasteiger partial charge on any atom is 0.191 e. The second-order valence-electron chi connectivity index (χ2n) is 4.70. The van der Waals surface area contributed by atoms with Crippen LogP contribution >= 0.6 is 24.0 Å². The van der Waals surface area contributed by atoms with Gasteiger partial charge in [0.25, 0.3) is 0 Å². The normalized spacial score (nSPS) is 10.5. The smallest absolute Gasteiger partial charge is 0.191 e. The summed E-state index contributed by atoms with van der Waals surface area (Å²) >= 11 is 0. The highest BCUT2D eigenvalue weighted by Crippen LogP contribution is 2.12. The molecule has 124 valence electrons. The quantitative estimate of drug-likeness (QED) is 0.214. The zero-order chi connectivity index (χ0) is 15.3. The van der Waals surface area contributed by atoms with Gasteiger partial charge in [-0.15, -0.1) is 30.6 Å². The van der Waals surface area contributed by atoms with Gasteiger partial charge in [0, 0.05) is 38.4 Å². The molecule has 0 fully saturated rings. The van der Waals surface area contributed by atoms with Crippen LogP contribution in [-0.2, 0) is 0 Å². The van der Waals surface area contributed by atoms with Crippen molar-refractivity contribution in [3.63, 3.8) is 0 Å². The van der Waals surface area contributed by atoms with E-state index in [1.807, 2.05) is 6.08 Å². The number of aliphatic imine (C=N–C) groups is 1. The minimum absolute atomic E-state index is 0. The number of nitrogens with one attached hydrogen (secondary N) is 2. The van der Waals surface area contributed by atoms with Crippen molar-refractivity contribution in [1.29, 1.82) is 0 Å². The zero-order valence-corrected chi connectivity index (χ0v) is 16.0. The van der Waals surface area contributed by atoms with Crippen molar-refractivity contribution < 1.29 is 0 Å². The molecule has 4 nitrogen and oxygen atoms in total. The third-order valence-corrected chi connectivity index (χ3v) is 3.12. The lowest BCUT2D eigenvalue weighted by Gasteiger charge is -2.22. The fourth-order valence-corrected chi connectivity index (χ4v) is 2.07. The van der Waals surface area contributed by atoms with Crippen molar-refractivity contribution in [3.05, 3.63) is 43.0 Å². The molecule has 0 atom stereocenters. The van der Waals surface area contributed by atoms with Gasteiger partial charge in [0.05, 0.1) is 0 Å². The van der Waals surface area contributed by atoms with E-state index in [0.717, 1.165) is 45.1 Å². The molecule has 0 aliphatic heterocycles. The van der Waals surface area contributed by atoms with Gasteiger partial charge in [-0.3, -0.25) is 4.99 Å². The molecule has 0 aliphatic carbocycles. The molecule has 0 saturated heterocycles. The van der Waals surface area contributed by atoms with Crippen molar-refractivity contribution in [2.75, 3.05) is 37.6 Å². The number of rotatable bonds is 9. The molecule has 0 heterocycles. The molecule has 1 aromatic rings. The van der Waals surface area contributed by atoms with Crippen molar-refractivity contribution in [1.82, 2.24) is 10.6 Å². The first-order valence-corrected chi connectivity index (χ1v) is 7.74. The Morgan fingerprint density at radius 2 is 1.95 bits per heavy atom. The van der Waals surface area contributed by atoms with Gasteiger partial charge in [-0.25, -0.2) is 0 Å². The maximum absolute atomic E-state index is 4.57. The van der Waals surface area contributed by atoms with Gasteiger partial charge in [-0.1, -0.05) is 24.3 Å². The van der Waals surface area contributed by atoms with Crippen LogP contribution < -0.4 is 15.5 Å². The summed E-state index contributed by atoms with van der Waals surface area (Å²) in [5.41, 5.74) is 1.28. The first-order chi connectivity index (χ1) is 10.3. The third kappa shape index (κ3) is 8.26. The molecular weight excluding hydrogens is 387 g/mol. The van der Waals surface area contributed by atoms with Crippen molar-refractivity contribution in [2.24, 2.45) is 4.99 Å². The summed E-state index contributed by atoms with van der Waals surface area (Å²) in [5.74, 6) is 0.861. The molecule has 0 unspecified atom stereocenters. The fraction of sp³-hybridized carbons (Fsp3) is 0.471. The van der Waals surface area contributed by atoms with Crippen LogP contribution in [0, 0.1) is 0 Å². The first-order valence-electron chi connectivity index (χ1n) is 7.74. The summed E-state index contributed by atoms with van der Waals surface area (Å²) < 4.78 is 0. The Labute approximate surface area is 152 Å². The van der Waals surface area contributed by atoms with Crippen molar-refractivity contribution >= 4 is 35.6 Å². The summed E-state index contributed by atoms with van der Waals surface area (Å²) in [6.45, 7) is 12.4. The number of benzene rings is 1. The summed E-state index contributed by atoms with van der Waals surface area (Å²) in [5, 5.41) is 6.44. The number of anilines is 1. The summed E-state index contributed by atoms with van der Waals surface area (Å²) in [6.07, 6.45) is 2.87. The van der Waals surface area contributed by atoms with Crippen molar-refractivity contribution in [3.8, 4) is 0 Å². The Morgan fingerprint density at radius 3 is 2.55 bits per heavy atom. The Balaban J connectivity index is 0.00000441. The maximum atomic E-state index is 4.57. The van der Waals surface area contributed by atoms with E-state index in [1.165, 1.54) is 5.69 Å². The van der Waals surface area contributed by atoms with Crippen LogP contribution in [0.2, 0.25) is 0 Å². The second-order valence-corrected chi connectivity index (χ2v) is 4.70. The van der Waals surface area contributed by atoms with Crippen LogP contribution in [0.5, 0.6) is 0 Å². The van der Waals surface area contributed by atoms with Gasteiger partial charge < -0.3 is 15.5 Å². The predicted octanol–water partition coefficient (Wildman–Crippen LogP) is 3.26. The highest BCUT2D eigenvalue weighted by atomic mass is 127. The molecule has 0 aliphatic rings. The average molecular weight is 416 g/mol. The molecule has 1 rings (SSSR count). The summed E-state index contributed by atoms with van der Waals surface area (Å²) in [6, 6.07) is 10.5. The third-order valence-electron chi connectivity index (χ3n) is 3.12. The topological polar surface area (TPSA) is 39.7 Å². The molecule has 0 radical (unpaired) electrons. The van der Waals surface area contributed by atoms with E-state index in [0.29, 0.717) is 0 Å². The largest absolute Gasteiger partial charge is 0.372 e. The lowest BCUT2D eigenvalue weighted by atomic mass is 10.2. The average Bonchev–Trinajstić information content (AvgIpc) is 2.53. The van der Waals surface area contributed by atoms with E-state index in [9.17, 15) is 0 Å². The van der Waals surface area contributed by atoms with Crippen LogP contribution in [-0.4, -0.2) is 38.7 Å². The predicted molar refractivity (Wildman–Crippen MR) is 109 cm³/mol. The first kappa shape index (κ1) is 20.8. The standard InChI is InChI=1S/C17H28N4.HI/c1-4-13-19-17(18-5-2)20-14-10-15-21(6-3)16-11-8-7-9-12-16;/h4,7-9,11-12H,1,5-6,10,13-15H2,2-3H3,(H2,18,19,20);1H. The Hall–Kier alpha value is -1.24. The van der Waals surface area contributed by atoms with E-state index >= 15 is 0 Å². The number of nitrogens with zero attached hydrogens (tertiary/aromatic N) is 2. The van der Waals surface area contributed by atoms with E-state index in [2.05, 4.69) is 71.3 Å². The molecule has 0 amide bonds. The van der Waals surface area contributed by atoms with Crippen LogP contribution in [0.15, 0.2) is 48.0 Å². The molecule has 0 spiro atoms. The van der Waals surface area contributed by atoms with E-state index in [1.54, 1.807) is 0 Å². The van der Waals surface area contributed by atoms with Crippen molar-refractivity contribution in [2.45, 2.75) is 20.3 Å². The van der Waals surface area contributed by atoms with E-state index < -0.39 is 0 Å². The molecule has 0 saturated carbocycles. The van der Waals surface area contributed by atoms with Crippen LogP contribution in [0.25, 0.3) is 0 Å². The van der Waals surface area contributed by atoms with Gasteiger partial charge >= 0.3 is 0 Å². The molecule has 0 bridgehead atoms. The number of para-hydroxylation sites is 1. The second kappa shape index (κ2) is 13.4. The minimum Gasteiger partial charge on any atom is -0.372 e. The van der Waals surface area contributed by atoms with Crippen LogP contribution in [0.1, 0.15) is 20.3 Å². The number of hydrogen-bond donors (Lipinski definition) is 2. The highest BCUT2D eigenvalue weighted by molar-refractivity contribution is 14.0. The Kier molecular flexibility index (Phi) is 12.7. The molecule has 5 heteroatoms.